The molecule has 0 saturated carbocycles. The Hall–Kier alpha value is -3.85. The van der Waals surface area contributed by atoms with Crippen molar-refractivity contribution in [2.75, 3.05) is 22.9 Å². The van der Waals surface area contributed by atoms with Crippen molar-refractivity contribution in [3.05, 3.63) is 87.2 Å². The minimum Gasteiger partial charge on any atom is -0.366 e. The van der Waals surface area contributed by atoms with Crippen LogP contribution in [0.25, 0.3) is 10.2 Å². The second kappa shape index (κ2) is 10.0. The average molecular weight is 502 g/mol. The number of aromatic nitrogens is 2. The second-order valence-electron chi connectivity index (χ2n) is 9.19. The van der Waals surface area contributed by atoms with Crippen molar-refractivity contribution in [3.8, 4) is 0 Å². The van der Waals surface area contributed by atoms with E-state index in [2.05, 4.69) is 11.1 Å². The largest absolute Gasteiger partial charge is 0.366 e. The van der Waals surface area contributed by atoms with Gasteiger partial charge in [-0.25, -0.2) is 4.98 Å². The maximum absolute atomic E-state index is 13.9. The number of pyridine rings is 1. The quantitative estimate of drug-likeness (QED) is 0.236. The Bertz CT molecular complexity index is 1430. The number of carbonyl (C=O) groups is 1. The average Bonchev–Trinajstić information content (AvgIpc) is 3.32. The number of aryl methyl sites for hydroxylation is 2. The number of benzene rings is 2. The summed E-state index contributed by atoms with van der Waals surface area (Å²) in [6, 6.07) is 12.6. The molecule has 0 spiro atoms. The maximum Gasteiger partial charge on any atom is 0.293 e. The first-order valence-corrected chi connectivity index (χ1v) is 12.8. The highest BCUT2D eigenvalue weighted by Gasteiger charge is 2.27. The Morgan fingerprint density at radius 2 is 1.94 bits per heavy atom. The Morgan fingerprint density at radius 1 is 1.14 bits per heavy atom. The summed E-state index contributed by atoms with van der Waals surface area (Å²) in [5.41, 5.74) is 4.68. The first kappa shape index (κ1) is 23.9. The first-order valence-electron chi connectivity index (χ1n) is 12.0. The highest BCUT2D eigenvalue weighted by molar-refractivity contribution is 7.22. The van der Waals surface area contributed by atoms with E-state index in [0.717, 1.165) is 59.3 Å². The van der Waals surface area contributed by atoms with Crippen LogP contribution >= 0.6 is 11.3 Å². The molecule has 5 rings (SSSR count). The van der Waals surface area contributed by atoms with Crippen LogP contribution in [-0.4, -0.2) is 33.9 Å². The van der Waals surface area contributed by atoms with Gasteiger partial charge >= 0.3 is 0 Å². The van der Waals surface area contributed by atoms with E-state index in [4.69, 9.17) is 4.98 Å². The zero-order chi connectivity index (χ0) is 25.2. The molecule has 9 heteroatoms. The number of thiazole rings is 1. The molecule has 2 aromatic carbocycles. The third-order valence-electron chi connectivity index (χ3n) is 6.46. The molecule has 1 aliphatic rings. The molecule has 4 aromatic rings. The predicted molar refractivity (Wildman–Crippen MR) is 143 cm³/mol. The smallest absolute Gasteiger partial charge is 0.293 e. The van der Waals surface area contributed by atoms with Gasteiger partial charge in [-0.3, -0.25) is 24.8 Å². The molecular weight excluding hydrogens is 474 g/mol. The van der Waals surface area contributed by atoms with Crippen LogP contribution in [0.5, 0.6) is 0 Å². The zero-order valence-electron chi connectivity index (χ0n) is 20.3. The molecule has 2 aromatic heterocycles. The molecule has 3 heterocycles. The van der Waals surface area contributed by atoms with Gasteiger partial charge in [0, 0.05) is 37.1 Å². The maximum atomic E-state index is 13.9. The van der Waals surface area contributed by atoms with Gasteiger partial charge in [-0.15, -0.1) is 0 Å². The lowest BCUT2D eigenvalue weighted by atomic mass is 10.1. The normalized spacial score (nSPS) is 13.7. The molecule has 0 unspecified atom stereocenters. The van der Waals surface area contributed by atoms with Crippen LogP contribution in [0, 0.1) is 24.0 Å². The molecule has 1 saturated heterocycles. The lowest BCUT2D eigenvalue weighted by molar-refractivity contribution is -0.384. The number of hydrogen-bond acceptors (Lipinski definition) is 7. The fourth-order valence-corrected chi connectivity index (χ4v) is 5.75. The van der Waals surface area contributed by atoms with Gasteiger partial charge in [0.05, 0.1) is 21.7 Å². The standard InChI is InChI=1S/C27H27N5O3S/c1-18-13-19(2)25-22(14-18)29-27(36-25)31(17-20-7-6-10-28-16-20)26(33)21-8-9-23(24(15-21)32(34)35)30-11-4-3-5-12-30/h6-10,13-16H,3-5,11-12,17H2,1-2H3. The highest BCUT2D eigenvalue weighted by atomic mass is 32.1. The summed E-state index contributed by atoms with van der Waals surface area (Å²) in [7, 11) is 0. The van der Waals surface area contributed by atoms with Crippen LogP contribution in [0.1, 0.15) is 46.3 Å². The number of rotatable bonds is 6. The molecule has 0 bridgehead atoms. The second-order valence-corrected chi connectivity index (χ2v) is 10.2. The Kier molecular flexibility index (Phi) is 6.65. The van der Waals surface area contributed by atoms with Crippen molar-refractivity contribution < 1.29 is 9.72 Å². The molecular formula is C27H27N5O3S. The summed E-state index contributed by atoms with van der Waals surface area (Å²) < 4.78 is 1.02. The van der Waals surface area contributed by atoms with Crippen molar-refractivity contribution in [2.24, 2.45) is 0 Å². The number of carbonyl (C=O) groups excluding carboxylic acids is 1. The Morgan fingerprint density at radius 3 is 2.67 bits per heavy atom. The number of piperidine rings is 1. The van der Waals surface area contributed by atoms with Crippen LogP contribution < -0.4 is 9.80 Å². The van der Waals surface area contributed by atoms with Gasteiger partial charge in [-0.05, 0) is 74.1 Å². The summed E-state index contributed by atoms with van der Waals surface area (Å²) in [6.45, 7) is 5.88. The van der Waals surface area contributed by atoms with Gasteiger partial charge in [0.1, 0.15) is 5.69 Å². The van der Waals surface area contributed by atoms with E-state index in [1.807, 2.05) is 36.9 Å². The highest BCUT2D eigenvalue weighted by Crippen LogP contribution is 2.35. The number of nitrogens with zero attached hydrogens (tertiary/aromatic N) is 5. The third kappa shape index (κ3) is 4.79. The van der Waals surface area contributed by atoms with E-state index in [0.29, 0.717) is 10.8 Å². The molecule has 1 amide bonds. The van der Waals surface area contributed by atoms with Crippen LogP contribution in [0.2, 0.25) is 0 Å². The van der Waals surface area contributed by atoms with Crippen molar-refractivity contribution in [3.63, 3.8) is 0 Å². The van der Waals surface area contributed by atoms with Gasteiger partial charge in [0.15, 0.2) is 5.13 Å². The van der Waals surface area contributed by atoms with Crippen molar-refractivity contribution >= 4 is 44.0 Å². The fraction of sp³-hybridized carbons (Fsp3) is 0.296. The lowest BCUT2D eigenvalue weighted by Gasteiger charge is -2.28. The Labute approximate surface area is 213 Å². The van der Waals surface area contributed by atoms with Crippen molar-refractivity contribution in [2.45, 2.75) is 39.7 Å². The van der Waals surface area contributed by atoms with Gasteiger partial charge in [-0.1, -0.05) is 23.5 Å². The number of nitro groups is 1. The summed E-state index contributed by atoms with van der Waals surface area (Å²) in [6.07, 6.45) is 6.54. The summed E-state index contributed by atoms with van der Waals surface area (Å²) in [5.74, 6) is -0.333. The monoisotopic (exact) mass is 501 g/mol. The number of amides is 1. The number of nitro benzene ring substituents is 1. The van der Waals surface area contributed by atoms with Crippen molar-refractivity contribution in [1.82, 2.24) is 9.97 Å². The SMILES string of the molecule is Cc1cc(C)c2sc(N(Cc3cccnc3)C(=O)c3ccc(N4CCCCC4)c([N+](=O)[O-])c3)nc2c1. The van der Waals surface area contributed by atoms with Gasteiger partial charge < -0.3 is 4.90 Å². The molecule has 1 fully saturated rings. The lowest BCUT2D eigenvalue weighted by Crippen LogP contribution is -2.31. The van der Waals surface area contributed by atoms with E-state index < -0.39 is 4.92 Å². The summed E-state index contributed by atoms with van der Waals surface area (Å²) in [4.78, 5) is 38.1. The molecule has 0 N–H and O–H groups in total. The van der Waals surface area contributed by atoms with Gasteiger partial charge in [0.25, 0.3) is 11.6 Å². The molecule has 0 atom stereocenters. The zero-order valence-corrected chi connectivity index (χ0v) is 21.1. The third-order valence-corrected chi connectivity index (χ3v) is 7.69. The first-order chi connectivity index (χ1) is 17.4. The molecule has 1 aliphatic heterocycles. The molecule has 184 valence electrons. The van der Waals surface area contributed by atoms with E-state index >= 15 is 0 Å². The Balaban J connectivity index is 1.56. The molecule has 8 nitrogen and oxygen atoms in total. The minimum absolute atomic E-state index is 0.0418. The number of fused-ring (bicyclic) bond motifs is 1. The predicted octanol–water partition coefficient (Wildman–Crippen LogP) is 6.05. The van der Waals surface area contributed by atoms with E-state index in [-0.39, 0.29) is 23.7 Å². The van der Waals surface area contributed by atoms with Crippen molar-refractivity contribution in [1.29, 1.82) is 0 Å². The van der Waals surface area contributed by atoms with Crippen LogP contribution in [-0.2, 0) is 6.54 Å². The number of anilines is 2. The molecule has 36 heavy (non-hydrogen) atoms. The topological polar surface area (TPSA) is 92.5 Å². The summed E-state index contributed by atoms with van der Waals surface area (Å²) in [5, 5.41) is 12.5. The van der Waals surface area contributed by atoms with E-state index in [1.165, 1.54) is 17.4 Å². The van der Waals surface area contributed by atoms with Crippen LogP contribution in [0.15, 0.2) is 54.9 Å². The minimum atomic E-state index is -0.393. The number of hydrogen-bond donors (Lipinski definition) is 0. The van der Waals surface area contributed by atoms with Gasteiger partial charge in [-0.2, -0.15) is 0 Å². The van der Waals surface area contributed by atoms with E-state index in [9.17, 15) is 14.9 Å². The van der Waals surface area contributed by atoms with Gasteiger partial charge in [0.2, 0.25) is 0 Å². The van der Waals surface area contributed by atoms with E-state index in [1.54, 1.807) is 29.4 Å². The molecule has 0 radical (unpaired) electrons. The van der Waals surface area contributed by atoms with Crippen LogP contribution in [0.4, 0.5) is 16.5 Å². The fourth-order valence-electron chi connectivity index (χ4n) is 4.74. The molecule has 0 aliphatic carbocycles. The van der Waals surface area contributed by atoms with Crippen LogP contribution in [0.3, 0.4) is 0 Å². The summed E-state index contributed by atoms with van der Waals surface area (Å²) >= 11 is 1.45.